The van der Waals surface area contributed by atoms with Gasteiger partial charge in [0.05, 0.1) is 12.3 Å². The molecule has 132 valence electrons. The summed E-state index contributed by atoms with van der Waals surface area (Å²) in [4.78, 5) is 24.1. The van der Waals surface area contributed by atoms with Gasteiger partial charge >= 0.3 is 0 Å². The van der Waals surface area contributed by atoms with Gasteiger partial charge in [-0.15, -0.1) is 0 Å². The van der Waals surface area contributed by atoms with E-state index in [9.17, 15) is 4.79 Å². The van der Waals surface area contributed by atoms with Crippen molar-refractivity contribution in [2.75, 3.05) is 43.0 Å². The van der Waals surface area contributed by atoms with Crippen LogP contribution in [0, 0.1) is 0 Å². The first-order valence-corrected chi connectivity index (χ1v) is 8.48. The Balaban J connectivity index is 1.71. The maximum Gasteiger partial charge on any atom is 0.219 e. The summed E-state index contributed by atoms with van der Waals surface area (Å²) in [5, 5.41) is 3.30. The zero-order valence-electron chi connectivity index (χ0n) is 14.6. The molecule has 2 aromatic rings. The van der Waals surface area contributed by atoms with Crippen molar-refractivity contribution in [1.29, 1.82) is 0 Å². The molecule has 1 fully saturated rings. The average Bonchev–Trinajstić information content (AvgIpc) is 2.64. The van der Waals surface area contributed by atoms with Crippen LogP contribution in [0.2, 0.25) is 0 Å². The standard InChI is InChI=1S/C18H23N5O2/c1-3-25-16-7-5-4-6-15(16)21-17-12-18(20-13-19-17)23-10-8-22(9-11-23)14(2)24/h4-7,12-13H,3,8-11H2,1-2H3,(H,19,20,21). The Morgan fingerprint density at radius 3 is 2.68 bits per heavy atom. The molecule has 1 aromatic heterocycles. The van der Waals surface area contributed by atoms with E-state index in [0.29, 0.717) is 12.4 Å². The number of carbonyl (C=O) groups excluding carboxylic acids is 1. The third-order valence-corrected chi connectivity index (χ3v) is 4.15. The Morgan fingerprint density at radius 1 is 1.20 bits per heavy atom. The molecule has 7 nitrogen and oxygen atoms in total. The van der Waals surface area contributed by atoms with Gasteiger partial charge in [-0.2, -0.15) is 0 Å². The number of carbonyl (C=O) groups is 1. The van der Waals surface area contributed by atoms with Gasteiger partial charge in [-0.25, -0.2) is 9.97 Å². The average molecular weight is 341 g/mol. The first-order valence-electron chi connectivity index (χ1n) is 8.48. The van der Waals surface area contributed by atoms with Gasteiger partial charge in [-0.3, -0.25) is 4.79 Å². The molecule has 25 heavy (non-hydrogen) atoms. The lowest BCUT2D eigenvalue weighted by molar-refractivity contribution is -0.129. The summed E-state index contributed by atoms with van der Waals surface area (Å²) in [5.74, 6) is 2.48. The van der Waals surface area contributed by atoms with Crippen molar-refractivity contribution >= 4 is 23.2 Å². The number of piperazine rings is 1. The van der Waals surface area contributed by atoms with E-state index in [1.54, 1.807) is 13.3 Å². The second-order valence-electron chi connectivity index (χ2n) is 5.81. The van der Waals surface area contributed by atoms with Crippen LogP contribution in [0.1, 0.15) is 13.8 Å². The van der Waals surface area contributed by atoms with Gasteiger partial charge in [0.25, 0.3) is 0 Å². The molecule has 0 saturated carbocycles. The lowest BCUT2D eigenvalue weighted by Gasteiger charge is -2.34. The van der Waals surface area contributed by atoms with Crippen molar-refractivity contribution < 1.29 is 9.53 Å². The molecule has 0 radical (unpaired) electrons. The van der Waals surface area contributed by atoms with Gasteiger partial charge in [0.1, 0.15) is 23.7 Å². The van der Waals surface area contributed by atoms with Crippen LogP contribution in [0.15, 0.2) is 36.7 Å². The predicted octanol–water partition coefficient (Wildman–Crippen LogP) is 2.29. The Kier molecular flexibility index (Phi) is 5.33. The molecule has 1 saturated heterocycles. The van der Waals surface area contributed by atoms with Crippen LogP contribution < -0.4 is 15.0 Å². The van der Waals surface area contributed by atoms with Crippen molar-refractivity contribution in [3.63, 3.8) is 0 Å². The second kappa shape index (κ2) is 7.83. The Hall–Kier alpha value is -2.83. The van der Waals surface area contributed by atoms with E-state index < -0.39 is 0 Å². The van der Waals surface area contributed by atoms with Crippen LogP contribution in [0.5, 0.6) is 5.75 Å². The van der Waals surface area contributed by atoms with Gasteiger partial charge in [0.2, 0.25) is 5.91 Å². The topological polar surface area (TPSA) is 70.6 Å². The molecule has 0 aliphatic carbocycles. The van der Waals surface area contributed by atoms with E-state index in [1.807, 2.05) is 42.2 Å². The summed E-state index contributed by atoms with van der Waals surface area (Å²) >= 11 is 0. The summed E-state index contributed by atoms with van der Waals surface area (Å²) in [6.45, 7) is 7.15. The Labute approximate surface area is 147 Å². The predicted molar refractivity (Wildman–Crippen MR) is 97.4 cm³/mol. The van der Waals surface area contributed by atoms with Crippen LogP contribution in [0.4, 0.5) is 17.3 Å². The highest BCUT2D eigenvalue weighted by molar-refractivity contribution is 5.73. The number of nitrogens with zero attached hydrogens (tertiary/aromatic N) is 4. The number of anilines is 3. The minimum Gasteiger partial charge on any atom is -0.492 e. The molecule has 1 aliphatic heterocycles. The number of benzene rings is 1. The minimum absolute atomic E-state index is 0.122. The molecule has 1 N–H and O–H groups in total. The van der Waals surface area contributed by atoms with E-state index in [-0.39, 0.29) is 5.91 Å². The van der Waals surface area contributed by atoms with Crippen LogP contribution in [-0.2, 0) is 4.79 Å². The maximum absolute atomic E-state index is 11.4. The number of para-hydroxylation sites is 2. The van der Waals surface area contributed by atoms with Gasteiger partial charge in [-0.1, -0.05) is 12.1 Å². The number of ether oxygens (including phenoxy) is 1. The van der Waals surface area contributed by atoms with Gasteiger partial charge in [-0.05, 0) is 19.1 Å². The summed E-state index contributed by atoms with van der Waals surface area (Å²) in [5.41, 5.74) is 0.871. The third kappa shape index (κ3) is 4.17. The summed E-state index contributed by atoms with van der Waals surface area (Å²) in [6.07, 6.45) is 1.55. The molecule has 1 amide bonds. The molecule has 0 spiro atoms. The molecular formula is C18H23N5O2. The Bertz CT molecular complexity index is 729. The van der Waals surface area contributed by atoms with Crippen molar-refractivity contribution in [2.45, 2.75) is 13.8 Å². The van der Waals surface area contributed by atoms with E-state index in [0.717, 1.165) is 43.4 Å². The zero-order valence-corrected chi connectivity index (χ0v) is 14.6. The van der Waals surface area contributed by atoms with Crippen molar-refractivity contribution in [2.24, 2.45) is 0 Å². The highest BCUT2D eigenvalue weighted by Gasteiger charge is 2.19. The first-order chi connectivity index (χ1) is 12.2. The minimum atomic E-state index is 0.122. The molecule has 3 rings (SSSR count). The summed E-state index contributed by atoms with van der Waals surface area (Å²) in [6, 6.07) is 9.70. The van der Waals surface area contributed by atoms with E-state index >= 15 is 0 Å². The number of hydrogen-bond donors (Lipinski definition) is 1. The number of hydrogen-bond acceptors (Lipinski definition) is 6. The summed E-state index contributed by atoms with van der Waals surface area (Å²) in [7, 11) is 0. The smallest absolute Gasteiger partial charge is 0.219 e. The molecular weight excluding hydrogens is 318 g/mol. The van der Waals surface area contributed by atoms with Gasteiger partial charge in [0, 0.05) is 39.2 Å². The van der Waals surface area contributed by atoms with Crippen molar-refractivity contribution in [3.8, 4) is 5.75 Å². The molecule has 0 atom stereocenters. The molecule has 2 heterocycles. The molecule has 0 bridgehead atoms. The number of aromatic nitrogens is 2. The maximum atomic E-state index is 11.4. The quantitative estimate of drug-likeness (QED) is 0.900. The molecule has 1 aliphatic rings. The lowest BCUT2D eigenvalue weighted by Crippen LogP contribution is -2.48. The fourth-order valence-electron chi connectivity index (χ4n) is 2.83. The number of nitrogens with one attached hydrogen (secondary N) is 1. The van der Waals surface area contributed by atoms with Crippen LogP contribution in [-0.4, -0.2) is 53.6 Å². The fourth-order valence-corrected chi connectivity index (χ4v) is 2.83. The fraction of sp³-hybridized carbons (Fsp3) is 0.389. The largest absolute Gasteiger partial charge is 0.492 e. The van der Waals surface area contributed by atoms with Crippen LogP contribution in [0.3, 0.4) is 0 Å². The highest BCUT2D eigenvalue weighted by atomic mass is 16.5. The SMILES string of the molecule is CCOc1ccccc1Nc1cc(N2CCN(C(C)=O)CC2)ncn1. The second-order valence-corrected chi connectivity index (χ2v) is 5.81. The number of amides is 1. The zero-order chi connectivity index (χ0) is 17.6. The normalized spacial score (nSPS) is 14.3. The Morgan fingerprint density at radius 2 is 1.96 bits per heavy atom. The highest BCUT2D eigenvalue weighted by Crippen LogP contribution is 2.27. The molecule has 0 unspecified atom stereocenters. The van der Waals surface area contributed by atoms with Crippen molar-refractivity contribution in [1.82, 2.24) is 14.9 Å². The van der Waals surface area contributed by atoms with Gasteiger partial charge in [0.15, 0.2) is 0 Å². The lowest BCUT2D eigenvalue weighted by atomic mass is 10.3. The van der Waals surface area contributed by atoms with Crippen molar-refractivity contribution in [3.05, 3.63) is 36.7 Å². The van der Waals surface area contributed by atoms with E-state index in [4.69, 9.17) is 4.74 Å². The number of rotatable bonds is 5. The van der Waals surface area contributed by atoms with E-state index in [1.165, 1.54) is 0 Å². The van der Waals surface area contributed by atoms with Gasteiger partial charge < -0.3 is 19.9 Å². The first kappa shape index (κ1) is 17.0. The molecule has 7 heteroatoms. The molecule has 1 aromatic carbocycles. The van der Waals surface area contributed by atoms with Crippen LogP contribution in [0.25, 0.3) is 0 Å². The van der Waals surface area contributed by atoms with Crippen LogP contribution >= 0.6 is 0 Å². The summed E-state index contributed by atoms with van der Waals surface area (Å²) < 4.78 is 5.64. The monoisotopic (exact) mass is 341 g/mol. The van der Waals surface area contributed by atoms with E-state index in [2.05, 4.69) is 20.2 Å². The third-order valence-electron chi connectivity index (χ3n) is 4.15.